The number of rotatable bonds is 6. The van der Waals surface area contributed by atoms with Crippen LogP contribution in [0, 0.1) is 0 Å². The summed E-state index contributed by atoms with van der Waals surface area (Å²) < 4.78 is 5.41. The predicted octanol–water partition coefficient (Wildman–Crippen LogP) is 2.78. The minimum absolute atomic E-state index is 0.391. The van der Waals surface area contributed by atoms with Gasteiger partial charge in [-0.2, -0.15) is 0 Å². The Bertz CT molecular complexity index is 542. The van der Waals surface area contributed by atoms with Gasteiger partial charge in [-0.05, 0) is 38.4 Å². The topological polar surface area (TPSA) is 60.2 Å². The van der Waals surface area contributed by atoms with E-state index in [0.717, 1.165) is 41.7 Å². The van der Waals surface area contributed by atoms with Crippen molar-refractivity contribution in [2.24, 2.45) is 5.73 Å². The molecule has 1 heterocycles. The third kappa shape index (κ3) is 3.35. The number of nitrogens with two attached hydrogens (primary N) is 1. The molecule has 2 rings (SSSR count). The number of anilines is 1. The van der Waals surface area contributed by atoms with Crippen molar-refractivity contribution in [2.75, 3.05) is 19.0 Å². The molecule has 1 aromatic heterocycles. The fourth-order valence-electron chi connectivity index (χ4n) is 2.18. The molecule has 4 nitrogen and oxygen atoms in total. The van der Waals surface area contributed by atoms with Crippen molar-refractivity contribution in [3.63, 3.8) is 0 Å². The van der Waals surface area contributed by atoms with Crippen molar-refractivity contribution in [3.05, 3.63) is 30.5 Å². The summed E-state index contributed by atoms with van der Waals surface area (Å²) in [6.07, 6.45) is 3.87. The molecule has 0 fully saturated rings. The zero-order chi connectivity index (χ0) is 13.7. The van der Waals surface area contributed by atoms with Crippen LogP contribution in [0.15, 0.2) is 30.5 Å². The average Bonchev–Trinajstić information content (AvgIpc) is 2.44. The van der Waals surface area contributed by atoms with Gasteiger partial charge in [-0.1, -0.05) is 6.07 Å². The van der Waals surface area contributed by atoms with E-state index in [1.165, 1.54) is 0 Å². The Hall–Kier alpha value is -1.81. The highest BCUT2D eigenvalue weighted by molar-refractivity contribution is 5.88. The zero-order valence-electron chi connectivity index (χ0n) is 11.5. The lowest BCUT2D eigenvalue weighted by Crippen LogP contribution is -2.16. The molecule has 0 radical (unpaired) electrons. The monoisotopic (exact) mass is 259 g/mol. The van der Waals surface area contributed by atoms with Gasteiger partial charge in [-0.3, -0.25) is 4.98 Å². The van der Waals surface area contributed by atoms with Gasteiger partial charge in [0, 0.05) is 29.4 Å². The Balaban J connectivity index is 2.24. The molecule has 19 heavy (non-hydrogen) atoms. The van der Waals surface area contributed by atoms with E-state index in [0.29, 0.717) is 6.04 Å². The van der Waals surface area contributed by atoms with Gasteiger partial charge in [0.05, 0.1) is 7.11 Å². The molecule has 102 valence electrons. The van der Waals surface area contributed by atoms with Crippen molar-refractivity contribution >= 4 is 16.6 Å². The number of hydrogen-bond donors (Lipinski definition) is 2. The van der Waals surface area contributed by atoms with Gasteiger partial charge in [0.1, 0.15) is 11.3 Å². The van der Waals surface area contributed by atoms with Crippen LogP contribution in [0.25, 0.3) is 10.9 Å². The number of fused-ring (bicyclic) bond motifs is 1. The van der Waals surface area contributed by atoms with E-state index in [4.69, 9.17) is 10.5 Å². The number of pyridine rings is 1. The highest BCUT2D eigenvalue weighted by Crippen LogP contribution is 2.28. The van der Waals surface area contributed by atoms with E-state index in [1.807, 2.05) is 18.2 Å². The van der Waals surface area contributed by atoms with E-state index in [2.05, 4.69) is 23.3 Å². The first kappa shape index (κ1) is 13.6. The second-order valence-electron chi connectivity index (χ2n) is 4.73. The number of hydrogen-bond acceptors (Lipinski definition) is 4. The minimum atomic E-state index is 0.391. The van der Waals surface area contributed by atoms with Gasteiger partial charge >= 0.3 is 0 Å². The van der Waals surface area contributed by atoms with Crippen LogP contribution in [0.1, 0.15) is 19.8 Å². The molecule has 1 unspecified atom stereocenters. The predicted molar refractivity (Wildman–Crippen MR) is 79.7 cm³/mol. The van der Waals surface area contributed by atoms with Crippen LogP contribution in [0.2, 0.25) is 0 Å². The van der Waals surface area contributed by atoms with Crippen LogP contribution in [-0.4, -0.2) is 24.7 Å². The molecule has 0 aliphatic rings. The lowest BCUT2D eigenvalue weighted by molar-refractivity contribution is 0.419. The normalized spacial score (nSPS) is 12.4. The fourth-order valence-corrected chi connectivity index (χ4v) is 2.18. The highest BCUT2D eigenvalue weighted by atomic mass is 16.5. The van der Waals surface area contributed by atoms with Crippen LogP contribution < -0.4 is 15.8 Å². The number of methoxy groups -OCH3 is 1. The van der Waals surface area contributed by atoms with Crippen molar-refractivity contribution in [1.82, 2.24) is 4.98 Å². The molecule has 1 aromatic carbocycles. The number of benzene rings is 1. The molecule has 0 spiro atoms. The molecular weight excluding hydrogens is 238 g/mol. The fraction of sp³-hybridized carbons (Fsp3) is 0.400. The summed E-state index contributed by atoms with van der Waals surface area (Å²) >= 11 is 0. The number of nitrogens with one attached hydrogen (secondary N) is 1. The van der Waals surface area contributed by atoms with Crippen LogP contribution in [0.5, 0.6) is 5.75 Å². The summed E-state index contributed by atoms with van der Waals surface area (Å²) in [5.74, 6) is 0.798. The Labute approximate surface area is 114 Å². The Morgan fingerprint density at radius 3 is 3.00 bits per heavy atom. The summed E-state index contributed by atoms with van der Waals surface area (Å²) in [6.45, 7) is 2.90. The summed E-state index contributed by atoms with van der Waals surface area (Å²) in [6, 6.07) is 8.46. The quantitative estimate of drug-likeness (QED) is 0.837. The van der Waals surface area contributed by atoms with E-state index in [1.54, 1.807) is 13.3 Å². The molecule has 0 saturated carbocycles. The SMILES string of the molecule is COc1cc(NC(C)CCCN)cc2cccnc12. The minimum Gasteiger partial charge on any atom is -0.494 e. The lowest BCUT2D eigenvalue weighted by atomic mass is 10.1. The maximum Gasteiger partial charge on any atom is 0.147 e. The highest BCUT2D eigenvalue weighted by Gasteiger charge is 2.07. The molecule has 2 aromatic rings. The Morgan fingerprint density at radius 1 is 1.42 bits per heavy atom. The van der Waals surface area contributed by atoms with Gasteiger partial charge in [-0.25, -0.2) is 0 Å². The largest absolute Gasteiger partial charge is 0.494 e. The summed E-state index contributed by atoms with van der Waals surface area (Å²) in [5.41, 5.74) is 7.49. The van der Waals surface area contributed by atoms with Gasteiger partial charge in [0.25, 0.3) is 0 Å². The third-order valence-corrected chi connectivity index (χ3v) is 3.14. The van der Waals surface area contributed by atoms with Crippen molar-refractivity contribution in [1.29, 1.82) is 0 Å². The Kier molecular flexibility index (Phi) is 4.58. The van der Waals surface area contributed by atoms with Crippen molar-refractivity contribution in [3.8, 4) is 5.75 Å². The summed E-state index contributed by atoms with van der Waals surface area (Å²) in [4.78, 5) is 4.35. The van der Waals surface area contributed by atoms with E-state index in [-0.39, 0.29) is 0 Å². The summed E-state index contributed by atoms with van der Waals surface area (Å²) in [7, 11) is 1.67. The van der Waals surface area contributed by atoms with Crippen LogP contribution in [0.4, 0.5) is 5.69 Å². The maximum atomic E-state index is 5.53. The number of nitrogens with zero attached hydrogens (tertiary/aromatic N) is 1. The summed E-state index contributed by atoms with van der Waals surface area (Å²) in [5, 5.41) is 4.56. The maximum absolute atomic E-state index is 5.53. The molecule has 0 aliphatic carbocycles. The van der Waals surface area contributed by atoms with E-state index >= 15 is 0 Å². The van der Waals surface area contributed by atoms with E-state index in [9.17, 15) is 0 Å². The van der Waals surface area contributed by atoms with Gasteiger partial charge < -0.3 is 15.8 Å². The van der Waals surface area contributed by atoms with Gasteiger partial charge in [0.15, 0.2) is 0 Å². The second-order valence-corrected chi connectivity index (χ2v) is 4.73. The molecule has 0 saturated heterocycles. The molecule has 0 amide bonds. The van der Waals surface area contributed by atoms with Crippen LogP contribution >= 0.6 is 0 Å². The van der Waals surface area contributed by atoms with E-state index < -0.39 is 0 Å². The molecule has 1 atom stereocenters. The second kappa shape index (κ2) is 6.38. The first-order valence-corrected chi connectivity index (χ1v) is 6.64. The van der Waals surface area contributed by atoms with Crippen molar-refractivity contribution in [2.45, 2.75) is 25.8 Å². The number of ether oxygens (including phenoxy) is 1. The smallest absolute Gasteiger partial charge is 0.147 e. The molecule has 4 heteroatoms. The first-order chi connectivity index (χ1) is 9.24. The Morgan fingerprint density at radius 2 is 2.26 bits per heavy atom. The molecule has 0 aliphatic heterocycles. The molecular formula is C15H21N3O. The zero-order valence-corrected chi connectivity index (χ0v) is 11.5. The van der Waals surface area contributed by atoms with Crippen molar-refractivity contribution < 1.29 is 4.74 Å². The standard InChI is InChI=1S/C15H21N3O/c1-11(5-3-7-16)18-13-9-12-6-4-8-17-15(12)14(10-13)19-2/h4,6,8-11,18H,3,5,7,16H2,1-2H3. The van der Waals surface area contributed by atoms with Gasteiger partial charge in [0.2, 0.25) is 0 Å². The third-order valence-electron chi connectivity index (χ3n) is 3.14. The molecule has 0 bridgehead atoms. The number of aromatic nitrogens is 1. The lowest BCUT2D eigenvalue weighted by Gasteiger charge is -2.16. The van der Waals surface area contributed by atoms with Crippen LogP contribution in [-0.2, 0) is 0 Å². The first-order valence-electron chi connectivity index (χ1n) is 6.64. The molecule has 3 N–H and O–H groups in total. The van der Waals surface area contributed by atoms with Gasteiger partial charge in [-0.15, -0.1) is 0 Å². The average molecular weight is 259 g/mol. The van der Waals surface area contributed by atoms with Crippen LogP contribution in [0.3, 0.4) is 0 Å².